The van der Waals surface area contributed by atoms with Crippen LogP contribution in [-0.4, -0.2) is 19.7 Å². The largest absolute Gasteiger partial charge is 0.299 e. The Morgan fingerprint density at radius 3 is 2.96 bits per heavy atom. The van der Waals surface area contributed by atoms with Crippen molar-refractivity contribution < 1.29 is 0 Å². The first kappa shape index (κ1) is 15.4. The number of hydrogen-bond donors (Lipinski definition) is 1. The van der Waals surface area contributed by atoms with Gasteiger partial charge in [-0.25, -0.2) is 4.98 Å². The molecular formula is C21H20N4. The summed E-state index contributed by atoms with van der Waals surface area (Å²) in [4.78, 5) is 4.55. The van der Waals surface area contributed by atoms with Gasteiger partial charge in [0, 0.05) is 11.1 Å². The molecule has 0 aliphatic carbocycles. The van der Waals surface area contributed by atoms with Crippen LogP contribution < -0.4 is 0 Å². The van der Waals surface area contributed by atoms with Crippen LogP contribution in [0.4, 0.5) is 0 Å². The molecule has 0 saturated carbocycles. The number of imidazole rings is 1. The molecule has 4 heteroatoms. The van der Waals surface area contributed by atoms with Crippen LogP contribution in [0.2, 0.25) is 0 Å². The Balaban J connectivity index is 1.86. The topological polar surface area (TPSA) is 46.5 Å². The van der Waals surface area contributed by atoms with E-state index >= 15 is 0 Å². The number of allylic oxidation sites excluding steroid dienone is 4. The monoisotopic (exact) mass is 328 g/mol. The van der Waals surface area contributed by atoms with E-state index in [0.29, 0.717) is 0 Å². The van der Waals surface area contributed by atoms with E-state index in [-0.39, 0.29) is 0 Å². The molecule has 2 aromatic heterocycles. The molecule has 2 aromatic carbocycles. The maximum Gasteiger partial charge on any atom is 0.100 e. The van der Waals surface area contributed by atoms with Crippen molar-refractivity contribution in [1.82, 2.24) is 19.7 Å². The van der Waals surface area contributed by atoms with Crippen LogP contribution >= 0.6 is 0 Å². The fourth-order valence-corrected chi connectivity index (χ4v) is 3.12. The quantitative estimate of drug-likeness (QED) is 0.519. The molecule has 0 bridgehead atoms. The standard InChI is InChI=1S/C21H20N4/c1-3-5-6-15(4-2)16-8-10-19-21(11-16)25(14-22-19)18-9-7-17-13-23-24-20(17)12-18/h3,5-14H,4H2,1-2H3,(H,23,24)/b5-3-,15-6+. The molecule has 4 rings (SSSR count). The molecule has 0 saturated heterocycles. The summed E-state index contributed by atoms with van der Waals surface area (Å²) in [6.07, 6.45) is 11.0. The Morgan fingerprint density at radius 2 is 2.12 bits per heavy atom. The van der Waals surface area contributed by atoms with Crippen LogP contribution in [-0.2, 0) is 0 Å². The van der Waals surface area contributed by atoms with Crippen LogP contribution in [0, 0.1) is 0 Å². The number of benzene rings is 2. The predicted octanol–water partition coefficient (Wildman–Crippen LogP) is 5.27. The number of nitrogens with zero attached hydrogens (tertiary/aromatic N) is 3. The van der Waals surface area contributed by atoms with Crippen molar-refractivity contribution >= 4 is 27.5 Å². The summed E-state index contributed by atoms with van der Waals surface area (Å²) in [5.74, 6) is 0. The summed E-state index contributed by atoms with van der Waals surface area (Å²) in [5.41, 5.74) is 6.75. The van der Waals surface area contributed by atoms with Crippen LogP contribution in [0.1, 0.15) is 25.8 Å². The fourth-order valence-electron chi connectivity index (χ4n) is 3.12. The van der Waals surface area contributed by atoms with Gasteiger partial charge < -0.3 is 0 Å². The third-order valence-corrected chi connectivity index (χ3v) is 4.49. The zero-order valence-electron chi connectivity index (χ0n) is 14.4. The van der Waals surface area contributed by atoms with Gasteiger partial charge in [-0.05, 0) is 54.8 Å². The highest BCUT2D eigenvalue weighted by Gasteiger charge is 2.08. The predicted molar refractivity (Wildman–Crippen MR) is 104 cm³/mol. The molecule has 0 spiro atoms. The van der Waals surface area contributed by atoms with Crippen LogP contribution in [0.25, 0.3) is 33.2 Å². The molecule has 0 unspecified atom stereocenters. The van der Waals surface area contributed by atoms with Gasteiger partial charge in [-0.15, -0.1) is 0 Å². The molecule has 1 N–H and O–H groups in total. The fraction of sp³-hybridized carbons (Fsp3) is 0.143. The summed E-state index contributed by atoms with van der Waals surface area (Å²) < 4.78 is 2.13. The second-order valence-electron chi connectivity index (χ2n) is 6.03. The third-order valence-electron chi connectivity index (χ3n) is 4.49. The number of aromatic nitrogens is 4. The number of aromatic amines is 1. The molecule has 0 fully saturated rings. The lowest BCUT2D eigenvalue weighted by Crippen LogP contribution is -1.93. The maximum atomic E-state index is 4.55. The average Bonchev–Trinajstić information content (AvgIpc) is 3.28. The van der Waals surface area contributed by atoms with E-state index in [1.54, 1.807) is 0 Å². The second-order valence-corrected chi connectivity index (χ2v) is 6.03. The smallest absolute Gasteiger partial charge is 0.100 e. The first-order valence-electron chi connectivity index (χ1n) is 8.53. The number of hydrogen-bond acceptors (Lipinski definition) is 2. The van der Waals surface area contributed by atoms with E-state index in [1.165, 1.54) is 11.1 Å². The van der Waals surface area contributed by atoms with E-state index in [0.717, 1.165) is 34.0 Å². The van der Waals surface area contributed by atoms with Gasteiger partial charge in [0.15, 0.2) is 0 Å². The highest BCUT2D eigenvalue weighted by Crippen LogP contribution is 2.26. The molecule has 2 heterocycles. The molecular weight excluding hydrogens is 308 g/mol. The first-order valence-corrected chi connectivity index (χ1v) is 8.53. The Bertz CT molecular complexity index is 1100. The number of nitrogens with one attached hydrogen (secondary N) is 1. The van der Waals surface area contributed by atoms with Crippen molar-refractivity contribution in [2.75, 3.05) is 0 Å². The van der Waals surface area contributed by atoms with Gasteiger partial charge in [-0.2, -0.15) is 5.10 Å². The molecule has 0 aliphatic heterocycles. The Morgan fingerprint density at radius 1 is 1.20 bits per heavy atom. The minimum absolute atomic E-state index is 0.990. The summed E-state index contributed by atoms with van der Waals surface area (Å²) >= 11 is 0. The van der Waals surface area contributed by atoms with Gasteiger partial charge in [0.1, 0.15) is 6.33 Å². The zero-order valence-corrected chi connectivity index (χ0v) is 14.4. The highest BCUT2D eigenvalue weighted by molar-refractivity contribution is 5.85. The van der Waals surface area contributed by atoms with E-state index < -0.39 is 0 Å². The summed E-state index contributed by atoms with van der Waals surface area (Å²) in [6, 6.07) is 12.7. The minimum Gasteiger partial charge on any atom is -0.299 e. The molecule has 0 amide bonds. The first-order chi connectivity index (χ1) is 12.3. The van der Waals surface area contributed by atoms with Crippen molar-refractivity contribution in [3.05, 3.63) is 72.7 Å². The van der Waals surface area contributed by atoms with Gasteiger partial charge in [0.2, 0.25) is 0 Å². The van der Waals surface area contributed by atoms with Gasteiger partial charge in [-0.3, -0.25) is 9.67 Å². The minimum atomic E-state index is 0.990. The molecule has 0 atom stereocenters. The van der Waals surface area contributed by atoms with Gasteiger partial charge in [-0.1, -0.05) is 31.2 Å². The highest BCUT2D eigenvalue weighted by atomic mass is 15.1. The lowest BCUT2D eigenvalue weighted by atomic mass is 10.0. The maximum absolute atomic E-state index is 4.55. The number of rotatable bonds is 4. The van der Waals surface area contributed by atoms with Crippen LogP contribution in [0.3, 0.4) is 0 Å². The van der Waals surface area contributed by atoms with Gasteiger partial charge in [0.25, 0.3) is 0 Å². The Hall–Kier alpha value is -3.14. The summed E-state index contributed by atoms with van der Waals surface area (Å²) in [6.45, 7) is 4.22. The molecule has 25 heavy (non-hydrogen) atoms. The van der Waals surface area contributed by atoms with E-state index in [4.69, 9.17) is 0 Å². The van der Waals surface area contributed by atoms with E-state index in [1.807, 2.05) is 19.4 Å². The third kappa shape index (κ3) is 2.76. The normalized spacial score (nSPS) is 12.6. The van der Waals surface area contributed by atoms with E-state index in [9.17, 15) is 0 Å². The van der Waals surface area contributed by atoms with Crippen molar-refractivity contribution in [2.24, 2.45) is 0 Å². The average molecular weight is 328 g/mol. The lowest BCUT2D eigenvalue weighted by Gasteiger charge is -2.08. The van der Waals surface area contributed by atoms with Crippen LogP contribution in [0.15, 0.2) is 67.2 Å². The number of H-pyrrole nitrogens is 1. The second kappa shape index (κ2) is 6.40. The molecule has 0 radical (unpaired) electrons. The van der Waals surface area contributed by atoms with Crippen LogP contribution in [0.5, 0.6) is 0 Å². The Kier molecular flexibility index (Phi) is 3.94. The molecule has 4 aromatic rings. The molecule has 4 nitrogen and oxygen atoms in total. The summed E-state index contributed by atoms with van der Waals surface area (Å²) in [5, 5.41) is 8.24. The SMILES string of the molecule is C/C=C\C=C(/CC)c1ccc2ncn(-c3ccc4cn[nH]c4c3)c2c1. The van der Waals surface area contributed by atoms with Gasteiger partial charge >= 0.3 is 0 Å². The van der Waals surface area contributed by atoms with Crippen molar-refractivity contribution in [3.8, 4) is 5.69 Å². The van der Waals surface area contributed by atoms with Crippen molar-refractivity contribution in [3.63, 3.8) is 0 Å². The van der Waals surface area contributed by atoms with Gasteiger partial charge in [0.05, 0.1) is 22.7 Å². The summed E-state index contributed by atoms with van der Waals surface area (Å²) in [7, 11) is 0. The molecule has 124 valence electrons. The van der Waals surface area contributed by atoms with Crippen molar-refractivity contribution in [1.29, 1.82) is 0 Å². The number of fused-ring (bicyclic) bond motifs is 2. The lowest BCUT2D eigenvalue weighted by molar-refractivity contribution is 1.09. The Labute approximate surface area is 146 Å². The van der Waals surface area contributed by atoms with Crippen molar-refractivity contribution in [2.45, 2.75) is 20.3 Å². The van der Waals surface area contributed by atoms with E-state index in [2.05, 4.69) is 81.3 Å². The zero-order chi connectivity index (χ0) is 17.2. The molecule has 0 aliphatic rings.